The Morgan fingerprint density at radius 1 is 1.04 bits per heavy atom. The molecule has 7 heteroatoms. The summed E-state index contributed by atoms with van der Waals surface area (Å²) in [6.07, 6.45) is 0. The minimum atomic E-state index is 0. The quantitative estimate of drug-likeness (QED) is 0.798. The number of piperazine rings is 1. The highest BCUT2D eigenvalue weighted by Gasteiger charge is 2.31. The van der Waals surface area contributed by atoms with Gasteiger partial charge in [-0.2, -0.15) is 5.10 Å². The Hall–Kier alpha value is -0.780. The molecule has 0 spiro atoms. The molecule has 0 bridgehead atoms. The van der Waals surface area contributed by atoms with Crippen LogP contribution in [0.25, 0.3) is 0 Å². The molecule has 1 saturated heterocycles. The molecule has 132 valence electrons. The van der Waals surface area contributed by atoms with Gasteiger partial charge in [-0.25, -0.2) is 0 Å². The lowest BCUT2D eigenvalue weighted by molar-refractivity contribution is 0.127. The third kappa shape index (κ3) is 3.73. The van der Waals surface area contributed by atoms with Gasteiger partial charge < -0.3 is 4.90 Å². The van der Waals surface area contributed by atoms with Gasteiger partial charge in [-0.3, -0.25) is 9.58 Å². The van der Waals surface area contributed by atoms with E-state index in [0.717, 1.165) is 48.0 Å². The van der Waals surface area contributed by atoms with Crippen molar-refractivity contribution < 1.29 is 0 Å². The number of aryl methyl sites for hydroxylation is 2. The van der Waals surface area contributed by atoms with Crippen LogP contribution in [0.4, 0.5) is 0 Å². The van der Waals surface area contributed by atoms with Crippen molar-refractivity contribution in [1.82, 2.24) is 19.6 Å². The van der Waals surface area contributed by atoms with Gasteiger partial charge in [0.1, 0.15) is 5.15 Å². The van der Waals surface area contributed by atoms with Gasteiger partial charge in [0.25, 0.3) is 0 Å². The van der Waals surface area contributed by atoms with Crippen LogP contribution in [0.5, 0.6) is 0 Å². The number of aromatic nitrogens is 2. The zero-order valence-electron chi connectivity index (χ0n) is 14.2. The van der Waals surface area contributed by atoms with Crippen LogP contribution in [0.2, 0.25) is 10.2 Å². The van der Waals surface area contributed by atoms with Gasteiger partial charge in [-0.1, -0.05) is 41.4 Å². The average molecular weight is 390 g/mol. The van der Waals surface area contributed by atoms with Crippen molar-refractivity contribution in [2.75, 3.05) is 33.2 Å². The van der Waals surface area contributed by atoms with Crippen LogP contribution in [0.15, 0.2) is 24.3 Å². The van der Waals surface area contributed by atoms with E-state index in [-0.39, 0.29) is 18.4 Å². The van der Waals surface area contributed by atoms with E-state index < -0.39 is 0 Å². The van der Waals surface area contributed by atoms with E-state index in [9.17, 15) is 0 Å². The second-order valence-electron chi connectivity index (χ2n) is 6.18. The Bertz CT molecular complexity index is 693. The maximum absolute atomic E-state index is 6.58. The molecular weight excluding hydrogens is 367 g/mol. The molecule has 1 fully saturated rings. The lowest BCUT2D eigenvalue weighted by Gasteiger charge is -2.38. The summed E-state index contributed by atoms with van der Waals surface area (Å²) in [5, 5.41) is 5.96. The minimum Gasteiger partial charge on any atom is -0.304 e. The number of nitrogens with zero attached hydrogens (tertiary/aromatic N) is 4. The van der Waals surface area contributed by atoms with E-state index in [4.69, 9.17) is 23.2 Å². The number of rotatable bonds is 3. The monoisotopic (exact) mass is 388 g/mol. The molecule has 0 amide bonds. The molecule has 0 radical (unpaired) electrons. The first-order valence-electron chi connectivity index (χ1n) is 7.85. The summed E-state index contributed by atoms with van der Waals surface area (Å²) in [5.41, 5.74) is 3.12. The molecule has 0 N–H and O–H groups in total. The predicted molar refractivity (Wildman–Crippen MR) is 103 cm³/mol. The molecule has 1 aliphatic heterocycles. The van der Waals surface area contributed by atoms with Crippen LogP contribution in [0.3, 0.4) is 0 Å². The largest absolute Gasteiger partial charge is 0.304 e. The Morgan fingerprint density at radius 3 is 2.21 bits per heavy atom. The maximum Gasteiger partial charge on any atom is 0.132 e. The minimum absolute atomic E-state index is 0. The normalized spacial score (nSPS) is 17.5. The SMILES string of the molecule is Cc1nn(C)c(Cl)c1C(c1ccccc1Cl)N1CCN(C)CC1.Cl. The lowest BCUT2D eigenvalue weighted by atomic mass is 9.96. The molecule has 2 heterocycles. The topological polar surface area (TPSA) is 24.3 Å². The van der Waals surface area contributed by atoms with E-state index in [1.54, 1.807) is 4.68 Å². The highest BCUT2D eigenvalue weighted by Crippen LogP contribution is 2.38. The Kier molecular flexibility index (Phi) is 6.57. The standard InChI is InChI=1S/C17H22Cl2N4.ClH/c1-12-15(17(19)22(3)20-12)16(13-6-4-5-7-14(13)18)23-10-8-21(2)9-11-23;/h4-7,16H,8-11H2,1-3H3;1H. The van der Waals surface area contributed by atoms with E-state index in [2.05, 4.69) is 28.0 Å². The number of benzene rings is 1. The average Bonchev–Trinajstić information content (AvgIpc) is 2.77. The van der Waals surface area contributed by atoms with Gasteiger partial charge >= 0.3 is 0 Å². The molecular formula is C17H23Cl3N4. The summed E-state index contributed by atoms with van der Waals surface area (Å²) >= 11 is 13.1. The zero-order valence-corrected chi connectivity index (χ0v) is 16.5. The van der Waals surface area contributed by atoms with Crippen molar-refractivity contribution in [3.63, 3.8) is 0 Å². The van der Waals surface area contributed by atoms with Gasteiger partial charge in [-0.05, 0) is 25.6 Å². The van der Waals surface area contributed by atoms with Crippen LogP contribution in [-0.2, 0) is 7.05 Å². The Morgan fingerprint density at radius 2 is 1.67 bits per heavy atom. The Labute approximate surface area is 159 Å². The summed E-state index contributed by atoms with van der Waals surface area (Å²) in [4.78, 5) is 4.80. The van der Waals surface area contributed by atoms with Crippen LogP contribution in [-0.4, -0.2) is 52.8 Å². The maximum atomic E-state index is 6.58. The van der Waals surface area contributed by atoms with Gasteiger partial charge in [0.2, 0.25) is 0 Å². The number of halogens is 3. The second-order valence-corrected chi connectivity index (χ2v) is 6.94. The van der Waals surface area contributed by atoms with Gasteiger partial charge in [0, 0.05) is 43.8 Å². The molecule has 1 unspecified atom stereocenters. The van der Waals surface area contributed by atoms with Crippen LogP contribution >= 0.6 is 35.6 Å². The van der Waals surface area contributed by atoms with E-state index >= 15 is 0 Å². The van der Waals surface area contributed by atoms with E-state index in [1.165, 1.54) is 0 Å². The van der Waals surface area contributed by atoms with Crippen LogP contribution in [0, 0.1) is 6.92 Å². The molecule has 3 rings (SSSR count). The van der Waals surface area contributed by atoms with E-state index in [0.29, 0.717) is 5.15 Å². The van der Waals surface area contributed by atoms with Crippen molar-refractivity contribution in [3.8, 4) is 0 Å². The van der Waals surface area contributed by atoms with E-state index in [1.807, 2.05) is 32.2 Å². The number of likely N-dealkylation sites (N-methyl/N-ethyl adjacent to an activating group) is 1. The van der Waals surface area contributed by atoms with Gasteiger partial charge in [0.05, 0.1) is 11.7 Å². The smallest absolute Gasteiger partial charge is 0.132 e. The summed E-state index contributed by atoms with van der Waals surface area (Å²) in [5.74, 6) is 0. The van der Waals surface area contributed by atoms with Crippen molar-refractivity contribution >= 4 is 35.6 Å². The van der Waals surface area contributed by atoms with Crippen molar-refractivity contribution in [3.05, 3.63) is 51.3 Å². The zero-order chi connectivity index (χ0) is 16.6. The first-order chi connectivity index (χ1) is 11.0. The predicted octanol–water partition coefficient (Wildman–Crippen LogP) is 3.79. The molecule has 1 aromatic carbocycles. The lowest BCUT2D eigenvalue weighted by Crippen LogP contribution is -2.46. The molecule has 1 atom stereocenters. The third-order valence-electron chi connectivity index (χ3n) is 4.57. The fourth-order valence-electron chi connectivity index (χ4n) is 3.27. The summed E-state index contributed by atoms with van der Waals surface area (Å²) < 4.78 is 1.74. The fourth-order valence-corrected chi connectivity index (χ4v) is 3.79. The number of hydrogen-bond acceptors (Lipinski definition) is 3. The fraction of sp³-hybridized carbons (Fsp3) is 0.471. The number of hydrogen-bond donors (Lipinski definition) is 0. The molecule has 2 aromatic rings. The molecule has 1 aliphatic rings. The first kappa shape index (κ1) is 19.5. The van der Waals surface area contributed by atoms with Gasteiger partial charge in [-0.15, -0.1) is 12.4 Å². The molecule has 0 aliphatic carbocycles. The van der Waals surface area contributed by atoms with Crippen molar-refractivity contribution in [2.24, 2.45) is 7.05 Å². The van der Waals surface area contributed by atoms with Crippen molar-refractivity contribution in [1.29, 1.82) is 0 Å². The highest BCUT2D eigenvalue weighted by molar-refractivity contribution is 6.32. The second kappa shape index (κ2) is 8.07. The summed E-state index contributed by atoms with van der Waals surface area (Å²) in [6.45, 7) is 6.06. The van der Waals surface area contributed by atoms with Gasteiger partial charge in [0.15, 0.2) is 0 Å². The van der Waals surface area contributed by atoms with Crippen molar-refractivity contribution in [2.45, 2.75) is 13.0 Å². The van der Waals surface area contributed by atoms with Crippen LogP contribution in [0.1, 0.15) is 22.9 Å². The molecule has 4 nitrogen and oxygen atoms in total. The third-order valence-corrected chi connectivity index (χ3v) is 5.36. The van der Waals surface area contributed by atoms with Crippen LogP contribution < -0.4 is 0 Å². The Balaban J connectivity index is 0.00000208. The first-order valence-corrected chi connectivity index (χ1v) is 8.60. The highest BCUT2D eigenvalue weighted by atomic mass is 35.5. The summed E-state index contributed by atoms with van der Waals surface area (Å²) in [7, 11) is 4.04. The molecule has 1 aromatic heterocycles. The molecule has 24 heavy (non-hydrogen) atoms. The summed E-state index contributed by atoms with van der Waals surface area (Å²) in [6, 6.07) is 8.07. The molecule has 0 saturated carbocycles.